The molecule has 0 aliphatic carbocycles. The molecule has 0 saturated carbocycles. The van der Waals surface area contributed by atoms with E-state index in [2.05, 4.69) is 0 Å². The third-order valence-electron chi connectivity index (χ3n) is 3.34. The van der Waals surface area contributed by atoms with Crippen molar-refractivity contribution >= 4 is 14.0 Å². The number of hydrogen-bond donors (Lipinski definition) is 0. The quantitative estimate of drug-likeness (QED) is 0.764. The van der Waals surface area contributed by atoms with E-state index in [9.17, 15) is 4.39 Å². The molecule has 2 aromatic carbocycles. The summed E-state index contributed by atoms with van der Waals surface area (Å²) in [5, 5.41) is 0.900. The molecule has 0 N–H and O–H groups in total. The van der Waals surface area contributed by atoms with Gasteiger partial charge in [-0.1, -0.05) is 36.4 Å². The van der Waals surface area contributed by atoms with E-state index in [1.165, 1.54) is 12.1 Å². The van der Waals surface area contributed by atoms with Gasteiger partial charge in [-0.2, -0.15) is 0 Å². The predicted molar refractivity (Wildman–Crippen MR) is 87.5 cm³/mol. The summed E-state index contributed by atoms with van der Waals surface area (Å²) in [5.41, 5.74) is 1.96. The molecule has 0 atom stereocenters. The highest BCUT2D eigenvalue weighted by Crippen LogP contribution is 2.20. The van der Waals surface area contributed by atoms with Gasteiger partial charge in [-0.3, -0.25) is 0 Å². The molecule has 0 fully saturated rings. The van der Waals surface area contributed by atoms with Gasteiger partial charge < -0.3 is 13.3 Å². The Bertz CT molecular complexity index is 592. The van der Waals surface area contributed by atoms with Gasteiger partial charge in [-0.25, -0.2) is 4.39 Å². The van der Waals surface area contributed by atoms with Gasteiger partial charge in [0, 0.05) is 25.5 Å². The van der Waals surface area contributed by atoms with Crippen LogP contribution in [0.1, 0.15) is 13.8 Å². The minimum absolute atomic E-state index is 0.00309. The Kier molecular flexibility index (Phi) is 5.47. The van der Waals surface area contributed by atoms with Crippen LogP contribution in [0.4, 0.5) is 4.39 Å². The second-order valence-electron chi connectivity index (χ2n) is 5.22. The van der Waals surface area contributed by atoms with Crippen molar-refractivity contribution in [2.75, 3.05) is 14.2 Å². The SMILES string of the molecule is CO[Si](OC)(OC(C)C)c1ccc(-c2ccc(F)cc2)cc1. The third kappa shape index (κ3) is 3.62. The molecule has 0 amide bonds. The number of rotatable bonds is 6. The average molecular weight is 320 g/mol. The molecule has 22 heavy (non-hydrogen) atoms. The zero-order valence-electron chi connectivity index (χ0n) is 13.3. The second kappa shape index (κ2) is 7.15. The van der Waals surface area contributed by atoms with Gasteiger partial charge in [0.05, 0.1) is 0 Å². The van der Waals surface area contributed by atoms with Crippen LogP contribution in [-0.4, -0.2) is 29.1 Å². The number of halogens is 1. The molecule has 2 rings (SSSR count). The zero-order chi connectivity index (χ0) is 16.2. The van der Waals surface area contributed by atoms with Gasteiger partial charge in [0.1, 0.15) is 5.82 Å². The maximum atomic E-state index is 13.0. The highest BCUT2D eigenvalue weighted by Gasteiger charge is 2.42. The van der Waals surface area contributed by atoms with Crippen LogP contribution >= 0.6 is 0 Å². The van der Waals surface area contributed by atoms with E-state index in [1.54, 1.807) is 26.4 Å². The van der Waals surface area contributed by atoms with Crippen LogP contribution in [-0.2, 0) is 13.3 Å². The van der Waals surface area contributed by atoms with E-state index >= 15 is 0 Å². The van der Waals surface area contributed by atoms with Gasteiger partial charge in [0.15, 0.2) is 0 Å². The first-order valence-electron chi connectivity index (χ1n) is 7.15. The lowest BCUT2D eigenvalue weighted by molar-refractivity contribution is 0.0838. The smallest absolute Gasteiger partial charge is 0.373 e. The maximum absolute atomic E-state index is 13.0. The Labute approximate surface area is 132 Å². The maximum Gasteiger partial charge on any atom is 0.536 e. The van der Waals surface area contributed by atoms with Crippen LogP contribution in [0.15, 0.2) is 48.5 Å². The summed E-state index contributed by atoms with van der Waals surface area (Å²) in [6.07, 6.45) is 0.00309. The largest absolute Gasteiger partial charge is 0.536 e. The van der Waals surface area contributed by atoms with E-state index in [0.717, 1.165) is 16.3 Å². The molecule has 0 radical (unpaired) electrons. The van der Waals surface area contributed by atoms with Crippen LogP contribution in [0.25, 0.3) is 11.1 Å². The minimum atomic E-state index is -2.88. The third-order valence-corrected chi connectivity index (χ3v) is 6.24. The monoisotopic (exact) mass is 320 g/mol. The van der Waals surface area contributed by atoms with Gasteiger partial charge >= 0.3 is 8.80 Å². The van der Waals surface area contributed by atoms with E-state index in [1.807, 2.05) is 38.1 Å². The van der Waals surface area contributed by atoms with Crippen molar-refractivity contribution in [3.05, 3.63) is 54.3 Å². The van der Waals surface area contributed by atoms with E-state index in [4.69, 9.17) is 13.3 Å². The van der Waals surface area contributed by atoms with Gasteiger partial charge in [0.2, 0.25) is 0 Å². The fourth-order valence-corrected chi connectivity index (χ4v) is 4.46. The Morgan fingerprint density at radius 1 is 0.818 bits per heavy atom. The van der Waals surface area contributed by atoms with Gasteiger partial charge in [-0.15, -0.1) is 0 Å². The molecular weight excluding hydrogens is 299 g/mol. The van der Waals surface area contributed by atoms with Crippen LogP contribution in [0.5, 0.6) is 0 Å². The average Bonchev–Trinajstić information content (AvgIpc) is 2.53. The van der Waals surface area contributed by atoms with Crippen LogP contribution in [0.3, 0.4) is 0 Å². The topological polar surface area (TPSA) is 27.7 Å². The highest BCUT2D eigenvalue weighted by atomic mass is 28.4. The predicted octanol–water partition coefficient (Wildman–Crippen LogP) is 3.36. The van der Waals surface area contributed by atoms with Gasteiger partial charge in [0.25, 0.3) is 0 Å². The molecule has 0 aliphatic heterocycles. The van der Waals surface area contributed by atoms with Crippen molar-refractivity contribution in [1.82, 2.24) is 0 Å². The molecule has 2 aromatic rings. The lowest BCUT2D eigenvalue weighted by Gasteiger charge is -2.28. The first kappa shape index (κ1) is 16.8. The Morgan fingerprint density at radius 2 is 1.27 bits per heavy atom. The Balaban J connectivity index is 2.31. The van der Waals surface area contributed by atoms with Crippen LogP contribution < -0.4 is 5.19 Å². The highest BCUT2D eigenvalue weighted by molar-refractivity contribution is 6.75. The van der Waals surface area contributed by atoms with Crippen molar-refractivity contribution < 1.29 is 17.7 Å². The molecule has 3 nitrogen and oxygen atoms in total. The summed E-state index contributed by atoms with van der Waals surface area (Å²) in [7, 11) is 0.331. The summed E-state index contributed by atoms with van der Waals surface area (Å²) in [4.78, 5) is 0. The van der Waals surface area contributed by atoms with Crippen LogP contribution in [0.2, 0.25) is 0 Å². The van der Waals surface area contributed by atoms with Crippen molar-refractivity contribution in [3.8, 4) is 11.1 Å². The summed E-state index contributed by atoms with van der Waals surface area (Å²) >= 11 is 0. The van der Waals surface area contributed by atoms with Crippen molar-refractivity contribution in [2.24, 2.45) is 0 Å². The van der Waals surface area contributed by atoms with Crippen molar-refractivity contribution in [3.63, 3.8) is 0 Å². The molecule has 0 bridgehead atoms. The normalized spacial score (nSPS) is 11.9. The van der Waals surface area contributed by atoms with E-state index in [0.29, 0.717) is 0 Å². The molecule has 0 aliphatic rings. The number of hydrogen-bond acceptors (Lipinski definition) is 3. The zero-order valence-corrected chi connectivity index (χ0v) is 14.3. The molecule has 0 saturated heterocycles. The molecule has 0 unspecified atom stereocenters. The van der Waals surface area contributed by atoms with E-state index in [-0.39, 0.29) is 11.9 Å². The molecule has 0 aromatic heterocycles. The van der Waals surface area contributed by atoms with Gasteiger partial charge in [-0.05, 0) is 37.1 Å². The molecule has 0 heterocycles. The lowest BCUT2D eigenvalue weighted by Crippen LogP contribution is -2.56. The van der Waals surface area contributed by atoms with E-state index < -0.39 is 8.80 Å². The Hall–Kier alpha value is -1.53. The van der Waals surface area contributed by atoms with Crippen molar-refractivity contribution in [2.45, 2.75) is 20.0 Å². The molecular formula is C17H21FO3Si. The molecule has 0 spiro atoms. The fourth-order valence-electron chi connectivity index (χ4n) is 2.30. The summed E-state index contributed by atoms with van der Waals surface area (Å²) in [6, 6.07) is 14.2. The van der Waals surface area contributed by atoms with Crippen LogP contribution in [0, 0.1) is 5.82 Å². The minimum Gasteiger partial charge on any atom is -0.373 e. The molecule has 118 valence electrons. The fraction of sp³-hybridized carbons (Fsp3) is 0.294. The standard InChI is InChI=1S/C17H21FO3Si/c1-13(2)21-22(19-3,20-4)17-11-7-15(8-12-17)14-5-9-16(18)10-6-14/h5-13H,1-4H3. The lowest BCUT2D eigenvalue weighted by atomic mass is 10.1. The first-order chi connectivity index (χ1) is 10.5. The second-order valence-corrected chi connectivity index (χ2v) is 7.96. The molecule has 5 heteroatoms. The summed E-state index contributed by atoms with van der Waals surface area (Å²) in [6.45, 7) is 3.90. The van der Waals surface area contributed by atoms with Crippen molar-refractivity contribution in [1.29, 1.82) is 0 Å². The Morgan fingerprint density at radius 3 is 1.68 bits per heavy atom. The summed E-state index contributed by atoms with van der Waals surface area (Å²) in [5.74, 6) is -0.240. The first-order valence-corrected chi connectivity index (χ1v) is 8.88. The summed E-state index contributed by atoms with van der Waals surface area (Å²) < 4.78 is 30.1. The number of benzene rings is 2.